The van der Waals surface area contributed by atoms with Crippen molar-refractivity contribution in [1.82, 2.24) is 20.9 Å². The van der Waals surface area contributed by atoms with Crippen LogP contribution in [0.15, 0.2) is 0 Å². The molecule has 3 N–H and O–H groups in total. The van der Waals surface area contributed by atoms with Crippen LogP contribution < -0.4 is 16.0 Å². The summed E-state index contributed by atoms with van der Waals surface area (Å²) in [7, 11) is -2.07. The summed E-state index contributed by atoms with van der Waals surface area (Å²) in [5, 5.41) is 17.3. The first kappa shape index (κ1) is 30.9. The molecule has 3 aliphatic heterocycles. The van der Waals surface area contributed by atoms with Crippen LogP contribution in [0.2, 0.25) is 18.1 Å². The molecule has 0 aromatic rings. The number of rotatable bonds is 6. The molecule has 0 aromatic heterocycles. The number of nitrogens with one attached hydrogen (secondary N) is 3. The normalized spacial score (nSPS) is 25.9. The summed E-state index contributed by atoms with van der Waals surface area (Å²) in [6.45, 7) is 8.51. The number of hydrogen-bond acceptors (Lipinski definition) is 5. The Labute approximate surface area is 228 Å². The lowest BCUT2D eigenvalue weighted by atomic mass is 9.83. The molecule has 3 rings (SSSR count). The fourth-order valence-electron chi connectivity index (χ4n) is 6.12. The number of hydrogen-bond donors (Lipinski definition) is 3. The minimum absolute atomic E-state index is 0.125. The van der Waals surface area contributed by atoms with Crippen molar-refractivity contribution in [3.8, 4) is 6.07 Å². The number of carbonyl (C=O) groups excluding carboxylic acids is 4. The third-order valence-electron chi connectivity index (χ3n) is 8.35. The summed E-state index contributed by atoms with van der Waals surface area (Å²) in [6, 6.07) is 0.948. The number of halogens is 3. The Bertz CT molecular complexity index is 1030. The Morgan fingerprint density at radius 2 is 1.79 bits per heavy atom. The Balaban J connectivity index is 1.80. The highest BCUT2D eigenvalue weighted by molar-refractivity contribution is 6.82. The van der Waals surface area contributed by atoms with Crippen molar-refractivity contribution in [3.63, 3.8) is 0 Å². The molecular weight excluding hydrogens is 531 g/mol. The van der Waals surface area contributed by atoms with E-state index in [1.165, 1.54) is 4.90 Å². The van der Waals surface area contributed by atoms with Crippen LogP contribution >= 0.6 is 0 Å². The molecule has 0 saturated carbocycles. The van der Waals surface area contributed by atoms with Crippen molar-refractivity contribution in [3.05, 3.63) is 0 Å². The van der Waals surface area contributed by atoms with Crippen molar-refractivity contribution < 1.29 is 32.3 Å². The molecule has 39 heavy (non-hydrogen) atoms. The largest absolute Gasteiger partial charge is 0.471 e. The molecule has 3 aliphatic rings. The highest BCUT2D eigenvalue weighted by atomic mass is 28.3. The first-order valence-corrected chi connectivity index (χ1v) is 16.4. The van der Waals surface area contributed by atoms with Crippen molar-refractivity contribution in [1.29, 1.82) is 5.26 Å². The maximum Gasteiger partial charge on any atom is 0.471 e. The molecule has 0 bridgehead atoms. The maximum absolute atomic E-state index is 13.8. The van der Waals surface area contributed by atoms with Gasteiger partial charge in [-0.25, -0.2) is 0 Å². The zero-order valence-corrected chi connectivity index (χ0v) is 24.3. The molecule has 3 fully saturated rings. The zero-order valence-electron chi connectivity index (χ0n) is 23.3. The van der Waals surface area contributed by atoms with Gasteiger partial charge in [-0.15, -0.1) is 0 Å². The van der Waals surface area contributed by atoms with Gasteiger partial charge in [0.2, 0.25) is 17.7 Å². The standard InChI is InChI=1S/C26H40F3N5O4Si/c1-24(2,3)19(32-23(38)26(27,28)29)22(37)34-15-39(10-6-7-11-39)14-18(34)21(36)31-17(13-30)12-16-8-9-25(4,5)33-20(16)35/h16-19H,6-12,14-15H2,1-5H3,(H,31,36)(H,32,38)(H,33,35)/t16-,17-,18?,19?/m0/s1. The van der Waals surface area contributed by atoms with Gasteiger partial charge >= 0.3 is 12.1 Å². The lowest BCUT2D eigenvalue weighted by Crippen LogP contribution is -2.60. The van der Waals surface area contributed by atoms with Crippen LogP contribution in [0, 0.1) is 22.7 Å². The summed E-state index contributed by atoms with van der Waals surface area (Å²) in [5.41, 5.74) is -1.39. The second-order valence-electron chi connectivity index (χ2n) is 13.2. The molecule has 0 radical (unpaired) electrons. The van der Waals surface area contributed by atoms with E-state index < -0.39 is 61.4 Å². The van der Waals surface area contributed by atoms with Crippen molar-refractivity contribution in [2.24, 2.45) is 11.3 Å². The lowest BCUT2D eigenvalue weighted by molar-refractivity contribution is -0.176. The fourth-order valence-corrected chi connectivity index (χ4v) is 11.6. The molecule has 9 nitrogen and oxygen atoms in total. The molecule has 4 atom stereocenters. The Morgan fingerprint density at radius 1 is 1.18 bits per heavy atom. The second kappa shape index (κ2) is 11.1. The number of amides is 4. The summed E-state index contributed by atoms with van der Waals surface area (Å²) in [5.74, 6) is -4.09. The van der Waals surface area contributed by atoms with Gasteiger partial charge in [-0.1, -0.05) is 45.7 Å². The van der Waals surface area contributed by atoms with Crippen LogP contribution in [-0.4, -0.2) is 72.6 Å². The number of piperidine rings is 1. The SMILES string of the molecule is CC1(C)CC[C@@H](C[C@@H](C#N)NC(=O)C2C[Si]3(CCCC3)CN2C(=O)C(NC(=O)C(F)(F)F)C(C)(C)C)C(=O)N1. The van der Waals surface area contributed by atoms with Crippen LogP contribution in [0.1, 0.15) is 66.7 Å². The predicted molar refractivity (Wildman–Crippen MR) is 139 cm³/mol. The van der Waals surface area contributed by atoms with Crippen LogP contribution in [0.3, 0.4) is 0 Å². The topological polar surface area (TPSA) is 131 Å². The molecule has 218 valence electrons. The van der Waals surface area contributed by atoms with E-state index in [0.717, 1.165) is 31.4 Å². The molecule has 4 amide bonds. The van der Waals surface area contributed by atoms with Crippen LogP contribution in [0.5, 0.6) is 0 Å². The molecule has 0 aromatic carbocycles. The average molecular weight is 572 g/mol. The van der Waals surface area contributed by atoms with Gasteiger partial charge in [0.25, 0.3) is 0 Å². The number of carbonyl (C=O) groups is 4. The second-order valence-corrected chi connectivity index (χ2v) is 17.9. The molecular formula is C26H40F3N5O4Si. The van der Waals surface area contributed by atoms with Gasteiger partial charge in [0.15, 0.2) is 0 Å². The summed E-state index contributed by atoms with van der Waals surface area (Å²) < 4.78 is 39.2. The van der Waals surface area contributed by atoms with E-state index in [0.29, 0.717) is 18.6 Å². The quantitative estimate of drug-likeness (QED) is 0.422. The van der Waals surface area contributed by atoms with Gasteiger partial charge < -0.3 is 20.9 Å². The highest BCUT2D eigenvalue weighted by Gasteiger charge is 2.54. The van der Waals surface area contributed by atoms with E-state index >= 15 is 0 Å². The monoisotopic (exact) mass is 571 g/mol. The third kappa shape index (κ3) is 7.32. The Morgan fingerprint density at radius 3 is 2.31 bits per heavy atom. The number of alkyl halides is 3. The van der Waals surface area contributed by atoms with E-state index in [1.54, 1.807) is 20.8 Å². The lowest BCUT2D eigenvalue weighted by Gasteiger charge is -2.36. The number of nitriles is 1. The Kier molecular flexibility index (Phi) is 8.80. The van der Waals surface area contributed by atoms with Gasteiger partial charge in [-0.2, -0.15) is 18.4 Å². The number of nitrogens with zero attached hydrogens (tertiary/aromatic N) is 2. The van der Waals surface area contributed by atoms with E-state index in [-0.39, 0.29) is 17.9 Å². The summed E-state index contributed by atoms with van der Waals surface area (Å²) in [6.07, 6.45) is -1.45. The van der Waals surface area contributed by atoms with Crippen molar-refractivity contribution >= 4 is 31.7 Å². The smallest absolute Gasteiger partial charge is 0.351 e. The molecule has 13 heteroatoms. The van der Waals surface area contributed by atoms with Gasteiger partial charge in [-0.3, -0.25) is 19.2 Å². The van der Waals surface area contributed by atoms with Crippen LogP contribution in [-0.2, 0) is 19.2 Å². The van der Waals surface area contributed by atoms with Crippen molar-refractivity contribution in [2.45, 2.75) is 115 Å². The van der Waals surface area contributed by atoms with Crippen molar-refractivity contribution in [2.75, 3.05) is 6.17 Å². The Hall–Kier alpha value is -2.62. The van der Waals surface area contributed by atoms with Crippen LogP contribution in [0.4, 0.5) is 13.2 Å². The van der Waals surface area contributed by atoms with E-state index in [4.69, 9.17) is 0 Å². The molecule has 3 heterocycles. The maximum atomic E-state index is 13.8. The van der Waals surface area contributed by atoms with E-state index in [1.807, 2.05) is 19.2 Å². The molecule has 3 saturated heterocycles. The van der Waals surface area contributed by atoms with Gasteiger partial charge in [0, 0.05) is 17.6 Å². The molecule has 2 unspecified atom stereocenters. The van der Waals surface area contributed by atoms with Gasteiger partial charge in [0.05, 0.1) is 14.1 Å². The van der Waals surface area contributed by atoms with Gasteiger partial charge in [-0.05, 0) is 44.6 Å². The average Bonchev–Trinajstić information content (AvgIpc) is 3.43. The minimum Gasteiger partial charge on any atom is -0.351 e. The zero-order chi connectivity index (χ0) is 29.4. The van der Waals surface area contributed by atoms with E-state index in [2.05, 4.69) is 16.7 Å². The van der Waals surface area contributed by atoms with E-state index in [9.17, 15) is 37.6 Å². The first-order valence-electron chi connectivity index (χ1n) is 13.6. The van der Waals surface area contributed by atoms with Crippen LogP contribution in [0.25, 0.3) is 0 Å². The summed E-state index contributed by atoms with van der Waals surface area (Å²) in [4.78, 5) is 53.0. The van der Waals surface area contributed by atoms with Gasteiger partial charge in [0.1, 0.15) is 18.1 Å². The third-order valence-corrected chi connectivity index (χ3v) is 13.4. The predicted octanol–water partition coefficient (Wildman–Crippen LogP) is 2.78. The summed E-state index contributed by atoms with van der Waals surface area (Å²) >= 11 is 0. The first-order chi connectivity index (χ1) is 17.9. The molecule has 0 aliphatic carbocycles. The highest BCUT2D eigenvalue weighted by Crippen LogP contribution is 2.42. The molecule has 1 spiro atoms. The minimum atomic E-state index is -5.16. The fraction of sp³-hybridized carbons (Fsp3) is 0.808.